The molecule has 146 valence electrons. The minimum Gasteiger partial charge on any atom is -0.493 e. The van der Waals surface area contributed by atoms with E-state index in [4.69, 9.17) is 9.57 Å². The Morgan fingerprint density at radius 1 is 1.11 bits per heavy atom. The third-order valence-corrected chi connectivity index (χ3v) is 5.87. The van der Waals surface area contributed by atoms with Crippen LogP contribution in [-0.4, -0.2) is 39.6 Å². The molecular formula is C19H24N2O5S. The lowest BCUT2D eigenvalue weighted by atomic mass is 10.1. The minimum absolute atomic E-state index is 0.0723. The summed E-state index contributed by atoms with van der Waals surface area (Å²) in [5.74, 6) is 0.546. The average Bonchev–Trinajstić information content (AvgIpc) is 2.65. The fourth-order valence-corrected chi connectivity index (χ4v) is 3.29. The maximum absolute atomic E-state index is 12.1. The molecule has 27 heavy (non-hydrogen) atoms. The van der Waals surface area contributed by atoms with Crippen LogP contribution in [0.1, 0.15) is 17.5 Å². The fraction of sp³-hybridized carbons (Fsp3) is 0.316. The second kappa shape index (κ2) is 8.98. The number of ether oxygens (including phenoxy) is 1. The standard InChI is InChI=1S/C19H24N2O5S/c1-14-6-5-7-18(15(14)2)26-13-12-19(22)20-16-8-10-17(11-9-16)27(23,24)21(3)25-4/h5-11H,12-13H2,1-4H3,(H,20,22). The van der Waals surface area contributed by atoms with Crippen molar-refractivity contribution in [3.8, 4) is 5.75 Å². The normalized spacial score (nSPS) is 11.4. The van der Waals surface area contributed by atoms with E-state index in [9.17, 15) is 13.2 Å². The third kappa shape index (κ3) is 5.29. The van der Waals surface area contributed by atoms with E-state index >= 15 is 0 Å². The van der Waals surface area contributed by atoms with E-state index in [2.05, 4.69) is 5.32 Å². The highest BCUT2D eigenvalue weighted by Gasteiger charge is 2.20. The molecule has 0 radical (unpaired) electrons. The predicted octanol–water partition coefficient (Wildman–Crippen LogP) is 2.89. The maximum Gasteiger partial charge on any atom is 0.264 e. The molecule has 0 spiro atoms. The number of hydrogen-bond donors (Lipinski definition) is 1. The number of hydroxylamine groups is 1. The van der Waals surface area contributed by atoms with Crippen LogP contribution in [0.3, 0.4) is 0 Å². The maximum atomic E-state index is 12.1. The molecule has 0 fully saturated rings. The van der Waals surface area contributed by atoms with E-state index < -0.39 is 10.0 Å². The summed E-state index contributed by atoms with van der Waals surface area (Å²) >= 11 is 0. The van der Waals surface area contributed by atoms with Gasteiger partial charge in [-0.15, -0.1) is 0 Å². The van der Waals surface area contributed by atoms with Gasteiger partial charge in [-0.05, 0) is 55.3 Å². The van der Waals surface area contributed by atoms with Crippen LogP contribution in [0.15, 0.2) is 47.4 Å². The summed E-state index contributed by atoms with van der Waals surface area (Å²) in [6.07, 6.45) is 0.180. The molecular weight excluding hydrogens is 368 g/mol. The molecule has 2 rings (SSSR count). The lowest BCUT2D eigenvalue weighted by molar-refractivity contribution is -0.116. The molecule has 0 aliphatic carbocycles. The van der Waals surface area contributed by atoms with Crippen molar-refractivity contribution in [1.29, 1.82) is 0 Å². The van der Waals surface area contributed by atoms with Gasteiger partial charge < -0.3 is 10.1 Å². The monoisotopic (exact) mass is 392 g/mol. The Hall–Kier alpha value is -2.42. The Balaban J connectivity index is 1.90. The van der Waals surface area contributed by atoms with Crippen molar-refractivity contribution < 1.29 is 22.8 Å². The van der Waals surface area contributed by atoms with Gasteiger partial charge in [-0.2, -0.15) is 0 Å². The molecule has 0 saturated heterocycles. The molecule has 0 heterocycles. The number of carbonyl (C=O) groups is 1. The van der Waals surface area contributed by atoms with Gasteiger partial charge in [0.1, 0.15) is 5.75 Å². The van der Waals surface area contributed by atoms with Gasteiger partial charge in [-0.3, -0.25) is 9.63 Å². The van der Waals surface area contributed by atoms with E-state index in [1.165, 1.54) is 38.4 Å². The quantitative estimate of drug-likeness (QED) is 0.698. The van der Waals surface area contributed by atoms with Gasteiger partial charge in [0, 0.05) is 12.7 Å². The van der Waals surface area contributed by atoms with Gasteiger partial charge >= 0.3 is 0 Å². The molecule has 8 heteroatoms. The number of aryl methyl sites for hydroxylation is 1. The topological polar surface area (TPSA) is 84.9 Å². The van der Waals surface area contributed by atoms with Crippen LogP contribution >= 0.6 is 0 Å². The molecule has 0 aromatic heterocycles. The summed E-state index contributed by atoms with van der Waals surface area (Å²) in [5, 5.41) is 2.72. The Bertz CT molecular complexity index is 895. The van der Waals surface area contributed by atoms with Crippen molar-refractivity contribution in [3.05, 3.63) is 53.6 Å². The first-order valence-corrected chi connectivity index (χ1v) is 9.81. The second-order valence-electron chi connectivity index (χ2n) is 5.97. The lowest BCUT2D eigenvalue weighted by Crippen LogP contribution is -2.25. The molecule has 0 saturated carbocycles. The predicted molar refractivity (Wildman–Crippen MR) is 103 cm³/mol. The molecule has 0 aliphatic heterocycles. The minimum atomic E-state index is -3.71. The molecule has 2 aromatic rings. The largest absolute Gasteiger partial charge is 0.493 e. The Labute approximate surface area is 159 Å². The highest BCUT2D eigenvalue weighted by atomic mass is 32.2. The van der Waals surface area contributed by atoms with Gasteiger partial charge in [0.2, 0.25) is 5.91 Å². The van der Waals surface area contributed by atoms with Crippen LogP contribution in [0.5, 0.6) is 5.75 Å². The SMILES string of the molecule is CON(C)S(=O)(=O)c1ccc(NC(=O)CCOc2cccc(C)c2C)cc1. The number of sulfonamides is 1. The summed E-state index contributed by atoms with van der Waals surface area (Å²) in [6.45, 7) is 4.23. The van der Waals surface area contributed by atoms with Crippen LogP contribution in [0.4, 0.5) is 5.69 Å². The summed E-state index contributed by atoms with van der Waals surface area (Å²) in [6, 6.07) is 11.7. The van der Waals surface area contributed by atoms with E-state index in [0.717, 1.165) is 21.3 Å². The lowest BCUT2D eigenvalue weighted by Gasteiger charge is -2.14. The highest BCUT2D eigenvalue weighted by molar-refractivity contribution is 7.89. The first kappa shape index (κ1) is 20.9. The van der Waals surface area contributed by atoms with Crippen molar-refractivity contribution in [2.24, 2.45) is 0 Å². The van der Waals surface area contributed by atoms with Crippen molar-refractivity contribution in [3.63, 3.8) is 0 Å². The zero-order valence-corrected chi connectivity index (χ0v) is 16.7. The number of nitrogens with zero attached hydrogens (tertiary/aromatic N) is 1. The van der Waals surface area contributed by atoms with Crippen LogP contribution < -0.4 is 10.1 Å². The van der Waals surface area contributed by atoms with E-state index in [0.29, 0.717) is 5.69 Å². The molecule has 0 bridgehead atoms. The number of rotatable bonds is 8. The van der Waals surface area contributed by atoms with Gasteiger partial charge in [0.15, 0.2) is 0 Å². The average molecular weight is 392 g/mol. The Morgan fingerprint density at radius 3 is 2.41 bits per heavy atom. The highest BCUT2D eigenvalue weighted by Crippen LogP contribution is 2.21. The number of carbonyl (C=O) groups excluding carboxylic acids is 1. The van der Waals surface area contributed by atoms with E-state index in [1.807, 2.05) is 32.0 Å². The molecule has 0 unspecified atom stereocenters. The number of benzene rings is 2. The zero-order chi connectivity index (χ0) is 20.0. The molecule has 1 amide bonds. The van der Waals surface area contributed by atoms with Crippen LogP contribution in [-0.2, 0) is 19.7 Å². The number of amides is 1. The van der Waals surface area contributed by atoms with Crippen LogP contribution in [0.25, 0.3) is 0 Å². The molecule has 1 N–H and O–H groups in total. The van der Waals surface area contributed by atoms with Crippen LogP contribution in [0.2, 0.25) is 0 Å². The number of anilines is 1. The Morgan fingerprint density at radius 2 is 1.78 bits per heavy atom. The summed E-state index contributed by atoms with van der Waals surface area (Å²) in [4.78, 5) is 16.8. The summed E-state index contributed by atoms with van der Waals surface area (Å²) in [5.41, 5.74) is 2.69. The van der Waals surface area contributed by atoms with Crippen molar-refractivity contribution >= 4 is 21.6 Å². The van der Waals surface area contributed by atoms with Gasteiger partial charge in [0.05, 0.1) is 25.0 Å². The second-order valence-corrected chi connectivity index (χ2v) is 7.90. The third-order valence-electron chi connectivity index (χ3n) is 4.17. The summed E-state index contributed by atoms with van der Waals surface area (Å²) < 4.78 is 30.7. The van der Waals surface area contributed by atoms with Crippen LogP contribution in [0, 0.1) is 13.8 Å². The zero-order valence-electron chi connectivity index (χ0n) is 15.9. The molecule has 0 aliphatic rings. The van der Waals surface area contributed by atoms with Gasteiger partial charge in [0.25, 0.3) is 10.0 Å². The Kier molecular flexibility index (Phi) is 6.95. The molecule has 0 atom stereocenters. The van der Waals surface area contributed by atoms with Gasteiger partial charge in [-0.25, -0.2) is 8.42 Å². The first-order chi connectivity index (χ1) is 12.8. The van der Waals surface area contributed by atoms with Crippen molar-refractivity contribution in [2.45, 2.75) is 25.2 Å². The number of hydrogen-bond acceptors (Lipinski definition) is 5. The van der Waals surface area contributed by atoms with Crippen molar-refractivity contribution in [2.75, 3.05) is 26.1 Å². The summed E-state index contributed by atoms with van der Waals surface area (Å²) in [7, 11) is -1.13. The number of nitrogens with one attached hydrogen (secondary N) is 1. The smallest absolute Gasteiger partial charge is 0.264 e. The van der Waals surface area contributed by atoms with E-state index in [-0.39, 0.29) is 23.8 Å². The first-order valence-electron chi connectivity index (χ1n) is 8.37. The van der Waals surface area contributed by atoms with Gasteiger partial charge in [-0.1, -0.05) is 16.6 Å². The van der Waals surface area contributed by atoms with E-state index in [1.54, 1.807) is 0 Å². The molecule has 2 aromatic carbocycles. The van der Waals surface area contributed by atoms with Crippen molar-refractivity contribution in [1.82, 2.24) is 4.47 Å². The molecule has 7 nitrogen and oxygen atoms in total. The fourth-order valence-electron chi connectivity index (χ4n) is 2.31.